The summed E-state index contributed by atoms with van der Waals surface area (Å²) in [6, 6.07) is 10.9. The number of anilines is 1. The summed E-state index contributed by atoms with van der Waals surface area (Å²) in [6.07, 6.45) is 1.78. The van der Waals surface area contributed by atoms with Gasteiger partial charge in [-0.05, 0) is 74.5 Å². The van der Waals surface area contributed by atoms with Crippen LogP contribution in [0.5, 0.6) is 0 Å². The fourth-order valence-corrected chi connectivity index (χ4v) is 3.81. The van der Waals surface area contributed by atoms with E-state index in [0.717, 1.165) is 38.1 Å². The monoisotopic (exact) mass is 377 g/mol. The van der Waals surface area contributed by atoms with Gasteiger partial charge in [0.1, 0.15) is 5.82 Å². The SMILES string of the molecule is O=C(NC1CCNCC1)c1ccc(NS(=O)(=O)c2ccc(F)cc2)cc1. The molecule has 2 aromatic rings. The predicted molar refractivity (Wildman–Crippen MR) is 97.0 cm³/mol. The smallest absolute Gasteiger partial charge is 0.261 e. The van der Waals surface area contributed by atoms with Crippen molar-refractivity contribution in [1.29, 1.82) is 0 Å². The summed E-state index contributed by atoms with van der Waals surface area (Å²) >= 11 is 0. The lowest BCUT2D eigenvalue weighted by atomic mass is 10.1. The van der Waals surface area contributed by atoms with Gasteiger partial charge in [-0.2, -0.15) is 0 Å². The summed E-state index contributed by atoms with van der Waals surface area (Å²) in [7, 11) is -3.81. The van der Waals surface area contributed by atoms with Crippen LogP contribution >= 0.6 is 0 Å². The van der Waals surface area contributed by atoms with Gasteiger partial charge in [-0.25, -0.2) is 12.8 Å². The van der Waals surface area contributed by atoms with E-state index in [0.29, 0.717) is 11.3 Å². The zero-order valence-corrected chi connectivity index (χ0v) is 14.9. The van der Waals surface area contributed by atoms with E-state index in [1.807, 2.05) is 0 Å². The molecule has 2 aromatic carbocycles. The fraction of sp³-hybridized carbons (Fsp3) is 0.278. The lowest BCUT2D eigenvalue weighted by molar-refractivity contribution is 0.0929. The lowest BCUT2D eigenvalue weighted by Gasteiger charge is -2.23. The molecule has 3 N–H and O–H groups in total. The molecule has 0 aromatic heterocycles. The molecule has 1 heterocycles. The van der Waals surface area contributed by atoms with Crippen molar-refractivity contribution < 1.29 is 17.6 Å². The molecule has 138 valence electrons. The average molecular weight is 377 g/mol. The maximum atomic E-state index is 12.9. The van der Waals surface area contributed by atoms with E-state index < -0.39 is 15.8 Å². The number of nitrogens with one attached hydrogen (secondary N) is 3. The van der Waals surface area contributed by atoms with E-state index >= 15 is 0 Å². The van der Waals surface area contributed by atoms with Gasteiger partial charge in [0.15, 0.2) is 0 Å². The van der Waals surface area contributed by atoms with Crippen molar-refractivity contribution in [3.8, 4) is 0 Å². The van der Waals surface area contributed by atoms with E-state index in [1.165, 1.54) is 24.3 Å². The first kappa shape index (κ1) is 18.3. The van der Waals surface area contributed by atoms with Crippen LogP contribution in [0.4, 0.5) is 10.1 Å². The highest BCUT2D eigenvalue weighted by molar-refractivity contribution is 7.92. The van der Waals surface area contributed by atoms with Gasteiger partial charge in [0.25, 0.3) is 15.9 Å². The number of carbonyl (C=O) groups is 1. The Morgan fingerprint density at radius 1 is 1.00 bits per heavy atom. The van der Waals surface area contributed by atoms with E-state index in [2.05, 4.69) is 15.4 Å². The Morgan fingerprint density at radius 3 is 2.23 bits per heavy atom. The van der Waals surface area contributed by atoms with Crippen molar-refractivity contribution in [2.45, 2.75) is 23.8 Å². The molecule has 1 fully saturated rings. The second-order valence-corrected chi connectivity index (χ2v) is 7.82. The normalized spacial score (nSPS) is 15.4. The number of hydrogen-bond acceptors (Lipinski definition) is 4. The Balaban J connectivity index is 1.65. The number of piperidine rings is 1. The van der Waals surface area contributed by atoms with Crippen LogP contribution in [0.15, 0.2) is 53.4 Å². The standard InChI is InChI=1S/C18H20FN3O3S/c19-14-3-7-17(8-4-14)26(24,25)22-16-5-1-13(2-6-16)18(23)21-15-9-11-20-12-10-15/h1-8,15,20,22H,9-12H2,(H,21,23). The number of hydrogen-bond donors (Lipinski definition) is 3. The Kier molecular flexibility index (Phi) is 5.53. The van der Waals surface area contributed by atoms with Gasteiger partial charge in [-0.15, -0.1) is 0 Å². The van der Waals surface area contributed by atoms with Gasteiger partial charge in [0.2, 0.25) is 0 Å². The molecule has 0 atom stereocenters. The zero-order valence-electron chi connectivity index (χ0n) is 14.0. The molecule has 6 nitrogen and oxygen atoms in total. The van der Waals surface area contributed by atoms with Crippen LogP contribution in [0.3, 0.4) is 0 Å². The van der Waals surface area contributed by atoms with Gasteiger partial charge in [0, 0.05) is 17.3 Å². The highest BCUT2D eigenvalue weighted by atomic mass is 32.2. The average Bonchev–Trinajstić information content (AvgIpc) is 2.63. The summed E-state index contributed by atoms with van der Waals surface area (Å²) in [5.74, 6) is -0.682. The topological polar surface area (TPSA) is 87.3 Å². The maximum Gasteiger partial charge on any atom is 0.261 e. The zero-order chi connectivity index (χ0) is 18.6. The van der Waals surface area contributed by atoms with Crippen LogP contribution in [0.25, 0.3) is 0 Å². The van der Waals surface area contributed by atoms with Gasteiger partial charge < -0.3 is 10.6 Å². The van der Waals surface area contributed by atoms with E-state index in [9.17, 15) is 17.6 Å². The molecule has 0 unspecified atom stereocenters. The number of sulfonamides is 1. The summed E-state index contributed by atoms with van der Waals surface area (Å²) < 4.78 is 39.9. The van der Waals surface area contributed by atoms with Crippen LogP contribution < -0.4 is 15.4 Å². The number of amides is 1. The Bertz CT molecular complexity index is 862. The van der Waals surface area contributed by atoms with Crippen molar-refractivity contribution in [3.63, 3.8) is 0 Å². The Labute approximate surface area is 151 Å². The molecule has 0 radical (unpaired) electrons. The summed E-state index contributed by atoms with van der Waals surface area (Å²) in [5.41, 5.74) is 0.793. The van der Waals surface area contributed by atoms with Gasteiger partial charge in [0.05, 0.1) is 4.90 Å². The summed E-state index contributed by atoms with van der Waals surface area (Å²) in [4.78, 5) is 12.2. The first-order chi connectivity index (χ1) is 12.4. The number of benzene rings is 2. The number of carbonyl (C=O) groups excluding carboxylic acids is 1. The summed E-state index contributed by atoms with van der Waals surface area (Å²) in [5, 5.41) is 6.22. The highest BCUT2D eigenvalue weighted by Crippen LogP contribution is 2.17. The Morgan fingerprint density at radius 2 is 1.62 bits per heavy atom. The third kappa shape index (κ3) is 4.59. The molecule has 1 aliphatic rings. The second kappa shape index (κ2) is 7.84. The molecule has 1 amide bonds. The van der Waals surface area contributed by atoms with Gasteiger partial charge in [-0.1, -0.05) is 0 Å². The van der Waals surface area contributed by atoms with Crippen molar-refractivity contribution in [3.05, 3.63) is 59.9 Å². The first-order valence-electron chi connectivity index (χ1n) is 8.34. The second-order valence-electron chi connectivity index (χ2n) is 6.13. The van der Waals surface area contributed by atoms with Gasteiger partial charge in [-0.3, -0.25) is 9.52 Å². The molecule has 0 saturated carbocycles. The van der Waals surface area contributed by atoms with Crippen LogP contribution in [0.1, 0.15) is 23.2 Å². The van der Waals surface area contributed by atoms with Crippen LogP contribution in [-0.2, 0) is 10.0 Å². The van der Waals surface area contributed by atoms with Crippen molar-refractivity contribution in [1.82, 2.24) is 10.6 Å². The van der Waals surface area contributed by atoms with E-state index in [1.54, 1.807) is 12.1 Å². The Hall–Kier alpha value is -2.45. The lowest BCUT2D eigenvalue weighted by Crippen LogP contribution is -2.42. The molecule has 1 saturated heterocycles. The molecule has 3 rings (SSSR count). The minimum Gasteiger partial charge on any atom is -0.349 e. The molecule has 0 bridgehead atoms. The molecule has 8 heteroatoms. The summed E-state index contributed by atoms with van der Waals surface area (Å²) in [6.45, 7) is 1.77. The number of rotatable bonds is 5. The number of halogens is 1. The quantitative estimate of drug-likeness (QED) is 0.745. The van der Waals surface area contributed by atoms with Crippen molar-refractivity contribution >= 4 is 21.6 Å². The molecule has 1 aliphatic heterocycles. The third-order valence-electron chi connectivity index (χ3n) is 4.20. The van der Waals surface area contributed by atoms with Crippen LogP contribution in [0, 0.1) is 5.82 Å². The minimum absolute atomic E-state index is 0.0355. The first-order valence-corrected chi connectivity index (χ1v) is 9.82. The van der Waals surface area contributed by atoms with Crippen molar-refractivity contribution in [2.24, 2.45) is 0 Å². The van der Waals surface area contributed by atoms with Gasteiger partial charge >= 0.3 is 0 Å². The molecule has 26 heavy (non-hydrogen) atoms. The molecule has 0 spiro atoms. The largest absolute Gasteiger partial charge is 0.349 e. The molecular weight excluding hydrogens is 357 g/mol. The van der Waals surface area contributed by atoms with Crippen LogP contribution in [0.2, 0.25) is 0 Å². The molecular formula is C18H20FN3O3S. The molecule has 0 aliphatic carbocycles. The van der Waals surface area contributed by atoms with E-state index in [-0.39, 0.29) is 16.8 Å². The predicted octanol–water partition coefficient (Wildman–Crippen LogP) is 2.11. The highest BCUT2D eigenvalue weighted by Gasteiger charge is 2.17. The maximum absolute atomic E-state index is 12.9. The van der Waals surface area contributed by atoms with E-state index in [4.69, 9.17) is 0 Å². The van der Waals surface area contributed by atoms with Crippen molar-refractivity contribution in [2.75, 3.05) is 17.8 Å². The van der Waals surface area contributed by atoms with Crippen LogP contribution in [-0.4, -0.2) is 33.5 Å². The third-order valence-corrected chi connectivity index (χ3v) is 5.59. The minimum atomic E-state index is -3.81. The fourth-order valence-electron chi connectivity index (χ4n) is 2.75.